The van der Waals surface area contributed by atoms with Gasteiger partial charge in [0.05, 0.1) is 5.88 Å². The lowest BCUT2D eigenvalue weighted by molar-refractivity contribution is -0.127. The van der Waals surface area contributed by atoms with Gasteiger partial charge in [-0.05, 0) is 43.9 Å². The Bertz CT molecular complexity index is 662. The lowest BCUT2D eigenvalue weighted by atomic mass is 10.0. The zero-order chi connectivity index (χ0) is 17.9. The van der Waals surface area contributed by atoms with Crippen LogP contribution in [0.3, 0.4) is 0 Å². The van der Waals surface area contributed by atoms with Gasteiger partial charge in [-0.25, -0.2) is 4.79 Å². The molecule has 2 atom stereocenters. The van der Waals surface area contributed by atoms with Crippen LogP contribution in [0.25, 0.3) is 0 Å². The number of rotatable bonds is 7. The van der Waals surface area contributed by atoms with Gasteiger partial charge < -0.3 is 15.0 Å². The van der Waals surface area contributed by atoms with Crippen molar-refractivity contribution in [3.05, 3.63) is 29.8 Å². The lowest BCUT2D eigenvalue weighted by Gasteiger charge is -2.26. The molecule has 2 unspecified atom stereocenters. The standard InChI is InChI=1S/C19H25N3O3S/c23-18-16-12-26-13-22(16)19(24)21(18)10-4-3-9-20-11-15-8-7-14-5-1-2-6-17(14)25-15/h1-2,5-6,15-16,20H,3-4,7-13H2. The molecule has 1 aromatic rings. The third kappa shape index (κ3) is 3.55. The van der Waals surface area contributed by atoms with Gasteiger partial charge in [0.2, 0.25) is 0 Å². The molecule has 0 aromatic heterocycles. The molecule has 0 spiro atoms. The quantitative estimate of drug-likeness (QED) is 0.584. The second-order valence-electron chi connectivity index (χ2n) is 7.06. The van der Waals surface area contributed by atoms with E-state index in [0.29, 0.717) is 12.4 Å². The lowest BCUT2D eigenvalue weighted by Crippen LogP contribution is -2.35. The molecule has 6 nitrogen and oxygen atoms in total. The van der Waals surface area contributed by atoms with Crippen LogP contribution in [0.2, 0.25) is 0 Å². The monoisotopic (exact) mass is 375 g/mol. The Morgan fingerprint density at radius 3 is 3.00 bits per heavy atom. The molecule has 0 aliphatic carbocycles. The first-order chi connectivity index (χ1) is 12.7. The number of hydrogen-bond acceptors (Lipinski definition) is 5. The maximum atomic E-state index is 12.2. The second-order valence-corrected chi connectivity index (χ2v) is 8.06. The zero-order valence-electron chi connectivity index (χ0n) is 14.9. The Morgan fingerprint density at radius 2 is 2.12 bits per heavy atom. The molecule has 3 amide bonds. The van der Waals surface area contributed by atoms with Crippen molar-refractivity contribution in [1.82, 2.24) is 15.1 Å². The van der Waals surface area contributed by atoms with Gasteiger partial charge in [-0.15, -0.1) is 11.8 Å². The highest BCUT2D eigenvalue weighted by Gasteiger charge is 2.47. The van der Waals surface area contributed by atoms with Crippen molar-refractivity contribution >= 4 is 23.7 Å². The fourth-order valence-electron chi connectivity index (χ4n) is 3.78. The van der Waals surface area contributed by atoms with E-state index >= 15 is 0 Å². The fraction of sp³-hybridized carbons (Fsp3) is 0.579. The molecule has 0 saturated carbocycles. The minimum absolute atomic E-state index is 0.0118. The molecule has 3 aliphatic rings. The first-order valence-electron chi connectivity index (χ1n) is 9.39. The highest BCUT2D eigenvalue weighted by molar-refractivity contribution is 7.99. The van der Waals surface area contributed by atoms with Crippen molar-refractivity contribution in [3.63, 3.8) is 0 Å². The number of amides is 3. The van der Waals surface area contributed by atoms with Gasteiger partial charge in [-0.3, -0.25) is 9.69 Å². The molecule has 4 rings (SSSR count). The smallest absolute Gasteiger partial charge is 0.328 e. The average molecular weight is 375 g/mol. The number of fused-ring (bicyclic) bond motifs is 2. The molecule has 3 aliphatic heterocycles. The Balaban J connectivity index is 1.13. The number of hydrogen-bond donors (Lipinski definition) is 1. The Hall–Kier alpha value is -1.73. The largest absolute Gasteiger partial charge is 0.489 e. The van der Waals surface area contributed by atoms with Crippen molar-refractivity contribution in [2.24, 2.45) is 0 Å². The summed E-state index contributed by atoms with van der Waals surface area (Å²) in [7, 11) is 0. The number of nitrogens with one attached hydrogen (secondary N) is 1. The molecule has 7 heteroatoms. The van der Waals surface area contributed by atoms with E-state index in [1.807, 2.05) is 12.1 Å². The SMILES string of the molecule is O=C1C2CSCN2C(=O)N1CCCCNCC1CCc2ccccc2O1. The fourth-order valence-corrected chi connectivity index (χ4v) is 4.92. The number of carbonyl (C=O) groups is 2. The van der Waals surface area contributed by atoms with E-state index in [-0.39, 0.29) is 24.1 Å². The topological polar surface area (TPSA) is 61.9 Å². The van der Waals surface area contributed by atoms with Crippen molar-refractivity contribution in [3.8, 4) is 5.75 Å². The van der Waals surface area contributed by atoms with Crippen LogP contribution in [-0.2, 0) is 11.2 Å². The molecule has 26 heavy (non-hydrogen) atoms. The predicted octanol–water partition coefficient (Wildman–Crippen LogP) is 2.09. The van der Waals surface area contributed by atoms with E-state index in [1.54, 1.807) is 16.7 Å². The van der Waals surface area contributed by atoms with E-state index in [2.05, 4.69) is 17.4 Å². The second kappa shape index (κ2) is 7.88. The third-order valence-corrected chi connectivity index (χ3v) is 6.28. The minimum Gasteiger partial charge on any atom is -0.489 e. The van der Waals surface area contributed by atoms with Crippen LogP contribution in [-0.4, -0.2) is 65.1 Å². The highest BCUT2D eigenvalue weighted by Crippen LogP contribution is 2.29. The summed E-state index contributed by atoms with van der Waals surface area (Å²) in [5, 5.41) is 3.45. The first-order valence-corrected chi connectivity index (χ1v) is 10.5. The molecule has 2 fully saturated rings. The molecule has 140 valence electrons. The number of aryl methyl sites for hydroxylation is 1. The summed E-state index contributed by atoms with van der Waals surface area (Å²) in [4.78, 5) is 27.6. The maximum Gasteiger partial charge on any atom is 0.328 e. The summed E-state index contributed by atoms with van der Waals surface area (Å²) < 4.78 is 6.02. The number of para-hydroxylation sites is 1. The van der Waals surface area contributed by atoms with Gasteiger partial charge in [0.25, 0.3) is 5.91 Å². The average Bonchev–Trinajstić information content (AvgIpc) is 3.23. The van der Waals surface area contributed by atoms with E-state index in [1.165, 1.54) is 10.5 Å². The van der Waals surface area contributed by atoms with Gasteiger partial charge in [-0.2, -0.15) is 0 Å². The molecular formula is C19H25N3O3S. The van der Waals surface area contributed by atoms with E-state index in [4.69, 9.17) is 4.74 Å². The van der Waals surface area contributed by atoms with Crippen LogP contribution in [0.15, 0.2) is 24.3 Å². The Morgan fingerprint density at radius 1 is 1.23 bits per heavy atom. The molecule has 2 saturated heterocycles. The van der Waals surface area contributed by atoms with Crippen molar-refractivity contribution in [2.75, 3.05) is 31.3 Å². The molecule has 3 heterocycles. The number of urea groups is 1. The van der Waals surface area contributed by atoms with Gasteiger partial charge in [0, 0.05) is 18.8 Å². The van der Waals surface area contributed by atoms with Crippen LogP contribution in [0.1, 0.15) is 24.8 Å². The first kappa shape index (κ1) is 17.7. The number of ether oxygens (including phenoxy) is 1. The van der Waals surface area contributed by atoms with E-state index in [9.17, 15) is 9.59 Å². The molecular weight excluding hydrogens is 350 g/mol. The van der Waals surface area contributed by atoms with Crippen molar-refractivity contribution in [2.45, 2.75) is 37.8 Å². The minimum atomic E-state index is -0.211. The van der Waals surface area contributed by atoms with Crippen LogP contribution < -0.4 is 10.1 Å². The van der Waals surface area contributed by atoms with Gasteiger partial charge >= 0.3 is 6.03 Å². The summed E-state index contributed by atoms with van der Waals surface area (Å²) in [5.74, 6) is 2.39. The summed E-state index contributed by atoms with van der Waals surface area (Å²) in [6.45, 7) is 2.24. The third-order valence-electron chi connectivity index (χ3n) is 5.27. The maximum absolute atomic E-state index is 12.2. The molecule has 1 aromatic carbocycles. The van der Waals surface area contributed by atoms with Gasteiger partial charge in [0.1, 0.15) is 17.9 Å². The number of unbranched alkanes of at least 4 members (excludes halogenated alkanes) is 1. The predicted molar refractivity (Wildman–Crippen MR) is 101 cm³/mol. The van der Waals surface area contributed by atoms with E-state index in [0.717, 1.165) is 50.3 Å². The Labute approximate surface area is 158 Å². The zero-order valence-corrected chi connectivity index (χ0v) is 15.7. The summed E-state index contributed by atoms with van der Waals surface area (Å²) in [6, 6.07) is 7.92. The summed E-state index contributed by atoms with van der Waals surface area (Å²) in [5.41, 5.74) is 1.29. The number of imide groups is 1. The summed E-state index contributed by atoms with van der Waals surface area (Å²) >= 11 is 1.66. The van der Waals surface area contributed by atoms with Crippen LogP contribution in [0.5, 0.6) is 5.75 Å². The van der Waals surface area contributed by atoms with Crippen LogP contribution in [0.4, 0.5) is 4.79 Å². The van der Waals surface area contributed by atoms with Gasteiger partial charge in [-0.1, -0.05) is 18.2 Å². The number of thioether (sulfide) groups is 1. The van der Waals surface area contributed by atoms with Crippen LogP contribution >= 0.6 is 11.8 Å². The molecule has 0 radical (unpaired) electrons. The van der Waals surface area contributed by atoms with Crippen molar-refractivity contribution < 1.29 is 14.3 Å². The number of carbonyl (C=O) groups excluding carboxylic acids is 2. The number of benzene rings is 1. The highest BCUT2D eigenvalue weighted by atomic mass is 32.2. The van der Waals surface area contributed by atoms with E-state index < -0.39 is 0 Å². The number of nitrogens with zero attached hydrogens (tertiary/aromatic N) is 2. The molecule has 1 N–H and O–H groups in total. The van der Waals surface area contributed by atoms with Crippen LogP contribution in [0, 0.1) is 0 Å². The van der Waals surface area contributed by atoms with Crippen molar-refractivity contribution in [1.29, 1.82) is 0 Å². The van der Waals surface area contributed by atoms with Gasteiger partial charge in [0.15, 0.2) is 0 Å². The summed E-state index contributed by atoms with van der Waals surface area (Å²) in [6.07, 6.45) is 4.11. The molecule has 0 bridgehead atoms. The normalized spacial score (nSPS) is 24.6. The Kier molecular flexibility index (Phi) is 5.36.